The van der Waals surface area contributed by atoms with Crippen LogP contribution in [0.1, 0.15) is 42.0 Å². The van der Waals surface area contributed by atoms with Gasteiger partial charge in [-0.05, 0) is 44.7 Å². The van der Waals surface area contributed by atoms with Crippen molar-refractivity contribution in [1.82, 2.24) is 0 Å². The molecule has 132 valence electrons. The third-order valence-electron chi connectivity index (χ3n) is 4.00. The second-order valence-electron chi connectivity index (χ2n) is 5.59. The highest BCUT2D eigenvalue weighted by molar-refractivity contribution is 5.87. The lowest BCUT2D eigenvalue weighted by Crippen LogP contribution is -2.02. The Morgan fingerprint density at radius 3 is 2.42 bits per heavy atom. The van der Waals surface area contributed by atoms with E-state index in [4.69, 9.17) is 14.7 Å². The van der Waals surface area contributed by atoms with Crippen molar-refractivity contribution in [3.63, 3.8) is 0 Å². The van der Waals surface area contributed by atoms with E-state index in [0.717, 1.165) is 16.7 Å². The Hall–Kier alpha value is -2.50. The Balaban J connectivity index is 3.25. The van der Waals surface area contributed by atoms with Crippen LogP contribution in [-0.4, -0.2) is 36.6 Å². The summed E-state index contributed by atoms with van der Waals surface area (Å²) in [4.78, 5) is 15.4. The fourth-order valence-corrected chi connectivity index (χ4v) is 2.46. The molecule has 6 nitrogen and oxygen atoms in total. The van der Waals surface area contributed by atoms with E-state index < -0.39 is 5.97 Å². The third kappa shape index (κ3) is 4.75. The average Bonchev–Trinajstić information content (AvgIpc) is 2.54. The monoisotopic (exact) mass is 335 g/mol. The normalized spacial score (nSPS) is 11.8. The SMILES string of the molecule is CO/N=C/c1c(C)c(C)c(OC)c(C/C=C(\C)CCC(=O)O)c1O. The molecular formula is C18H25NO5. The number of nitrogens with zero attached hydrogens (tertiary/aromatic N) is 1. The minimum absolute atomic E-state index is 0.0874. The molecule has 0 bridgehead atoms. The molecule has 0 fully saturated rings. The number of carboxylic acids is 1. The molecule has 0 saturated heterocycles. The van der Waals surface area contributed by atoms with Crippen molar-refractivity contribution < 1.29 is 24.6 Å². The summed E-state index contributed by atoms with van der Waals surface area (Å²) in [5.74, 6) is -0.104. The maximum Gasteiger partial charge on any atom is 0.303 e. The van der Waals surface area contributed by atoms with E-state index in [9.17, 15) is 9.90 Å². The summed E-state index contributed by atoms with van der Waals surface area (Å²) in [5.41, 5.74) is 3.96. The van der Waals surface area contributed by atoms with E-state index in [0.29, 0.717) is 29.7 Å². The molecular weight excluding hydrogens is 310 g/mol. The second-order valence-corrected chi connectivity index (χ2v) is 5.59. The number of ether oxygens (including phenoxy) is 1. The molecule has 0 saturated carbocycles. The van der Waals surface area contributed by atoms with Gasteiger partial charge in [-0.2, -0.15) is 0 Å². The molecule has 0 aliphatic heterocycles. The van der Waals surface area contributed by atoms with Crippen molar-refractivity contribution in [3.8, 4) is 11.5 Å². The molecule has 0 aliphatic rings. The van der Waals surface area contributed by atoms with Gasteiger partial charge >= 0.3 is 5.97 Å². The Kier molecular flexibility index (Phi) is 7.30. The first-order valence-corrected chi connectivity index (χ1v) is 7.66. The number of aromatic hydroxyl groups is 1. The highest BCUT2D eigenvalue weighted by Gasteiger charge is 2.18. The molecule has 0 amide bonds. The van der Waals surface area contributed by atoms with E-state index in [2.05, 4.69) is 5.16 Å². The number of phenolic OH excluding ortho intramolecular Hbond substituents is 1. The number of benzene rings is 1. The molecule has 24 heavy (non-hydrogen) atoms. The number of carboxylic acid groups (broad SMARTS) is 1. The lowest BCUT2D eigenvalue weighted by Gasteiger charge is -2.17. The van der Waals surface area contributed by atoms with E-state index >= 15 is 0 Å². The number of oxime groups is 1. The van der Waals surface area contributed by atoms with Crippen LogP contribution >= 0.6 is 0 Å². The number of aliphatic carboxylic acids is 1. The van der Waals surface area contributed by atoms with Gasteiger partial charge in [-0.3, -0.25) is 4.79 Å². The van der Waals surface area contributed by atoms with Gasteiger partial charge < -0.3 is 19.8 Å². The molecule has 0 spiro atoms. The lowest BCUT2D eigenvalue weighted by molar-refractivity contribution is -0.136. The maximum absolute atomic E-state index is 10.6. The zero-order valence-corrected chi connectivity index (χ0v) is 14.8. The van der Waals surface area contributed by atoms with Gasteiger partial charge in [0.05, 0.1) is 13.3 Å². The summed E-state index contributed by atoms with van der Waals surface area (Å²) in [6.45, 7) is 5.68. The Morgan fingerprint density at radius 2 is 1.88 bits per heavy atom. The first-order valence-electron chi connectivity index (χ1n) is 7.66. The molecule has 0 aromatic heterocycles. The fraction of sp³-hybridized carbons (Fsp3) is 0.444. The molecule has 0 heterocycles. The number of allylic oxidation sites excluding steroid dienone is 2. The molecule has 0 aliphatic carbocycles. The van der Waals surface area contributed by atoms with Crippen molar-refractivity contribution in [2.24, 2.45) is 5.16 Å². The van der Waals surface area contributed by atoms with Gasteiger partial charge in [-0.1, -0.05) is 16.8 Å². The minimum atomic E-state index is -0.826. The van der Waals surface area contributed by atoms with Crippen molar-refractivity contribution in [2.45, 2.75) is 40.0 Å². The number of phenols is 1. The first kappa shape index (κ1) is 19.5. The standard InChI is InChI=1S/C18H25NO5/c1-11(7-9-16(20)21)6-8-14-17(22)15(10-19-24-5)12(2)13(3)18(14)23-4/h6,10,22H,7-9H2,1-5H3,(H,20,21)/b11-6+,19-10+. The van der Waals surface area contributed by atoms with Gasteiger partial charge in [-0.15, -0.1) is 0 Å². The van der Waals surface area contributed by atoms with Crippen LogP contribution in [0.25, 0.3) is 0 Å². The van der Waals surface area contributed by atoms with Gasteiger partial charge in [0.25, 0.3) is 0 Å². The van der Waals surface area contributed by atoms with Crippen LogP contribution in [-0.2, 0) is 16.1 Å². The van der Waals surface area contributed by atoms with Crippen LogP contribution in [0.4, 0.5) is 0 Å². The summed E-state index contributed by atoms with van der Waals surface area (Å²) >= 11 is 0. The highest BCUT2D eigenvalue weighted by Crippen LogP contribution is 2.37. The lowest BCUT2D eigenvalue weighted by atomic mass is 9.94. The Bertz CT molecular complexity index is 662. The molecule has 1 aromatic rings. The van der Waals surface area contributed by atoms with E-state index in [1.807, 2.05) is 26.8 Å². The summed E-state index contributed by atoms with van der Waals surface area (Å²) in [6.07, 6.45) is 4.38. The number of rotatable bonds is 8. The van der Waals surface area contributed by atoms with E-state index in [1.54, 1.807) is 7.11 Å². The van der Waals surface area contributed by atoms with Gasteiger partial charge in [0.2, 0.25) is 0 Å². The van der Waals surface area contributed by atoms with Crippen LogP contribution in [0.15, 0.2) is 16.8 Å². The van der Waals surface area contributed by atoms with Crippen molar-refractivity contribution in [3.05, 3.63) is 33.9 Å². The zero-order chi connectivity index (χ0) is 18.3. The van der Waals surface area contributed by atoms with Crippen molar-refractivity contribution in [1.29, 1.82) is 0 Å². The Labute approximate surface area is 142 Å². The van der Waals surface area contributed by atoms with Crippen LogP contribution in [0, 0.1) is 13.8 Å². The predicted molar refractivity (Wildman–Crippen MR) is 93.1 cm³/mol. The smallest absolute Gasteiger partial charge is 0.303 e. The third-order valence-corrected chi connectivity index (χ3v) is 4.00. The second kappa shape index (κ2) is 8.96. The zero-order valence-electron chi connectivity index (χ0n) is 14.8. The van der Waals surface area contributed by atoms with Crippen LogP contribution in [0.2, 0.25) is 0 Å². The summed E-state index contributed by atoms with van der Waals surface area (Å²) < 4.78 is 5.47. The number of hydrogen-bond donors (Lipinski definition) is 2. The minimum Gasteiger partial charge on any atom is -0.507 e. The summed E-state index contributed by atoms with van der Waals surface area (Å²) in [5, 5.41) is 23.1. The Morgan fingerprint density at radius 1 is 1.21 bits per heavy atom. The fourth-order valence-electron chi connectivity index (χ4n) is 2.46. The average molecular weight is 335 g/mol. The van der Waals surface area contributed by atoms with Crippen LogP contribution in [0.5, 0.6) is 11.5 Å². The highest BCUT2D eigenvalue weighted by atomic mass is 16.6. The van der Waals surface area contributed by atoms with Crippen molar-refractivity contribution >= 4 is 12.2 Å². The first-order chi connectivity index (χ1) is 11.3. The molecule has 1 rings (SSSR count). The van der Waals surface area contributed by atoms with Crippen molar-refractivity contribution in [2.75, 3.05) is 14.2 Å². The quantitative estimate of drug-likeness (QED) is 0.432. The molecule has 2 N–H and O–H groups in total. The maximum atomic E-state index is 10.6. The van der Waals surface area contributed by atoms with E-state index in [-0.39, 0.29) is 12.2 Å². The summed E-state index contributed by atoms with van der Waals surface area (Å²) in [6, 6.07) is 0. The topological polar surface area (TPSA) is 88.4 Å². The van der Waals surface area contributed by atoms with Crippen LogP contribution < -0.4 is 4.74 Å². The van der Waals surface area contributed by atoms with Gasteiger partial charge in [0.1, 0.15) is 18.6 Å². The molecule has 1 aromatic carbocycles. The van der Waals surface area contributed by atoms with Gasteiger partial charge in [0, 0.05) is 17.5 Å². The molecule has 6 heteroatoms. The van der Waals surface area contributed by atoms with Gasteiger partial charge in [0.15, 0.2) is 0 Å². The number of carbonyl (C=O) groups is 1. The number of hydrogen-bond acceptors (Lipinski definition) is 5. The molecule has 0 atom stereocenters. The summed E-state index contributed by atoms with van der Waals surface area (Å²) in [7, 11) is 3.00. The largest absolute Gasteiger partial charge is 0.507 e. The predicted octanol–water partition coefficient (Wildman–Crippen LogP) is 3.35. The molecule has 0 unspecified atom stereocenters. The van der Waals surface area contributed by atoms with Crippen LogP contribution in [0.3, 0.4) is 0 Å². The van der Waals surface area contributed by atoms with Gasteiger partial charge in [-0.25, -0.2) is 0 Å². The molecule has 0 radical (unpaired) electrons. The number of methoxy groups -OCH3 is 1. The van der Waals surface area contributed by atoms with E-state index in [1.165, 1.54) is 13.3 Å².